The number of likely N-dealkylation sites (tertiary alicyclic amines) is 2. The van der Waals surface area contributed by atoms with Crippen molar-refractivity contribution in [2.75, 3.05) is 45.9 Å². The van der Waals surface area contributed by atoms with E-state index in [2.05, 4.69) is 4.90 Å². The molecule has 6 nitrogen and oxygen atoms in total. The van der Waals surface area contributed by atoms with E-state index in [9.17, 15) is 14.0 Å². The first-order valence-corrected chi connectivity index (χ1v) is 9.70. The highest BCUT2D eigenvalue weighted by molar-refractivity contribution is 5.83. The second-order valence-corrected chi connectivity index (χ2v) is 8.01. The SMILES string of the molecule is O=C(CN1CCOC1=O)N1CCC2(CCCN(Cc3ccccc3F)C2)C1. The standard InChI is InChI=1S/C20H26FN3O3/c21-17-5-2-1-4-16(17)12-22-8-3-6-20(14-22)7-9-24(15-20)18(25)13-23-10-11-27-19(23)26/h1-2,4-5H,3,6-15H2. The summed E-state index contributed by atoms with van der Waals surface area (Å²) in [5.41, 5.74) is 0.818. The van der Waals surface area contributed by atoms with E-state index in [0.29, 0.717) is 19.7 Å². The van der Waals surface area contributed by atoms with Crippen LogP contribution in [-0.2, 0) is 16.1 Å². The molecule has 1 aromatic carbocycles. The highest BCUT2D eigenvalue weighted by Crippen LogP contribution is 2.39. The van der Waals surface area contributed by atoms with E-state index in [4.69, 9.17) is 4.74 Å². The summed E-state index contributed by atoms with van der Waals surface area (Å²) in [7, 11) is 0. The van der Waals surface area contributed by atoms with Gasteiger partial charge in [-0.05, 0) is 31.9 Å². The Bertz CT molecular complexity index is 728. The van der Waals surface area contributed by atoms with Crippen LogP contribution >= 0.6 is 0 Å². The lowest BCUT2D eigenvalue weighted by atomic mass is 9.79. The van der Waals surface area contributed by atoms with Gasteiger partial charge in [-0.15, -0.1) is 0 Å². The van der Waals surface area contributed by atoms with Crippen LogP contribution in [0.5, 0.6) is 0 Å². The maximum atomic E-state index is 14.0. The molecule has 0 radical (unpaired) electrons. The molecule has 0 aromatic heterocycles. The van der Waals surface area contributed by atoms with Crippen LogP contribution in [0.15, 0.2) is 24.3 Å². The molecule has 1 aromatic rings. The molecule has 1 unspecified atom stereocenters. The Balaban J connectivity index is 1.35. The van der Waals surface area contributed by atoms with Crippen molar-refractivity contribution in [1.29, 1.82) is 0 Å². The Morgan fingerprint density at radius 1 is 1.15 bits per heavy atom. The third-order valence-electron chi connectivity index (χ3n) is 6.05. The predicted octanol–water partition coefficient (Wildman–Crippen LogP) is 2.09. The molecule has 3 saturated heterocycles. The monoisotopic (exact) mass is 375 g/mol. The third-order valence-corrected chi connectivity index (χ3v) is 6.05. The van der Waals surface area contributed by atoms with E-state index in [-0.39, 0.29) is 23.7 Å². The molecular weight excluding hydrogens is 349 g/mol. The Morgan fingerprint density at radius 2 is 2.00 bits per heavy atom. The van der Waals surface area contributed by atoms with Gasteiger partial charge in [0.15, 0.2) is 0 Å². The molecule has 1 spiro atoms. The molecule has 3 fully saturated rings. The first-order chi connectivity index (χ1) is 13.0. The van der Waals surface area contributed by atoms with Crippen molar-refractivity contribution in [3.63, 3.8) is 0 Å². The van der Waals surface area contributed by atoms with Gasteiger partial charge in [0.25, 0.3) is 0 Å². The molecule has 0 N–H and O–H groups in total. The van der Waals surface area contributed by atoms with Crippen LogP contribution < -0.4 is 0 Å². The molecular formula is C20H26FN3O3. The number of carbonyl (C=O) groups excluding carboxylic acids is 2. The number of ether oxygens (including phenoxy) is 1. The minimum absolute atomic E-state index is 0.00282. The van der Waals surface area contributed by atoms with E-state index in [1.54, 1.807) is 6.07 Å². The maximum Gasteiger partial charge on any atom is 0.410 e. The fraction of sp³-hybridized carbons (Fsp3) is 0.600. The number of amides is 2. The van der Waals surface area contributed by atoms with Gasteiger partial charge >= 0.3 is 6.09 Å². The van der Waals surface area contributed by atoms with Crippen LogP contribution in [0.25, 0.3) is 0 Å². The fourth-order valence-electron chi connectivity index (χ4n) is 4.63. The van der Waals surface area contributed by atoms with Crippen LogP contribution in [0.4, 0.5) is 9.18 Å². The first-order valence-electron chi connectivity index (χ1n) is 9.70. The lowest BCUT2D eigenvalue weighted by molar-refractivity contribution is -0.131. The van der Waals surface area contributed by atoms with Crippen LogP contribution in [0, 0.1) is 11.2 Å². The topological polar surface area (TPSA) is 53.1 Å². The summed E-state index contributed by atoms with van der Waals surface area (Å²) in [5, 5.41) is 0. The van der Waals surface area contributed by atoms with Gasteiger partial charge in [-0.25, -0.2) is 9.18 Å². The molecule has 7 heteroatoms. The van der Waals surface area contributed by atoms with Gasteiger partial charge in [0.05, 0.1) is 6.54 Å². The van der Waals surface area contributed by atoms with Crippen molar-refractivity contribution in [1.82, 2.24) is 14.7 Å². The summed E-state index contributed by atoms with van der Waals surface area (Å²) in [5.74, 6) is -0.158. The lowest BCUT2D eigenvalue weighted by Gasteiger charge is -2.40. The number of rotatable bonds is 4. The van der Waals surface area contributed by atoms with Gasteiger partial charge in [0.1, 0.15) is 19.0 Å². The number of benzene rings is 1. The van der Waals surface area contributed by atoms with Crippen LogP contribution in [0.2, 0.25) is 0 Å². The Labute approximate surface area is 158 Å². The molecule has 3 aliphatic heterocycles. The van der Waals surface area contributed by atoms with Crippen molar-refractivity contribution in [2.24, 2.45) is 5.41 Å². The quantitative estimate of drug-likeness (QED) is 0.809. The smallest absolute Gasteiger partial charge is 0.410 e. The third kappa shape index (κ3) is 3.93. The average molecular weight is 375 g/mol. The van der Waals surface area contributed by atoms with Crippen molar-refractivity contribution in [2.45, 2.75) is 25.8 Å². The maximum absolute atomic E-state index is 14.0. The average Bonchev–Trinajstić information content (AvgIpc) is 3.24. The Kier molecular flexibility index (Phi) is 5.04. The van der Waals surface area contributed by atoms with Crippen LogP contribution in [0.3, 0.4) is 0 Å². The summed E-state index contributed by atoms with van der Waals surface area (Å²) in [4.78, 5) is 29.8. The van der Waals surface area contributed by atoms with Crippen molar-refractivity contribution in [3.05, 3.63) is 35.6 Å². The minimum Gasteiger partial charge on any atom is -0.448 e. The van der Waals surface area contributed by atoms with Crippen molar-refractivity contribution in [3.8, 4) is 0 Å². The Hall–Kier alpha value is -2.15. The summed E-state index contributed by atoms with van der Waals surface area (Å²) in [6.07, 6.45) is 2.73. The Morgan fingerprint density at radius 3 is 2.78 bits per heavy atom. The number of carbonyl (C=O) groups is 2. The fourth-order valence-corrected chi connectivity index (χ4v) is 4.63. The van der Waals surface area contributed by atoms with Crippen LogP contribution in [-0.4, -0.2) is 72.6 Å². The molecule has 0 saturated carbocycles. The summed E-state index contributed by atoms with van der Waals surface area (Å²) in [6.45, 7) is 4.87. The molecule has 3 aliphatic rings. The zero-order valence-electron chi connectivity index (χ0n) is 15.5. The van der Waals surface area contributed by atoms with Gasteiger partial charge in [0.2, 0.25) is 5.91 Å². The second-order valence-electron chi connectivity index (χ2n) is 8.01. The number of cyclic esters (lactones) is 1. The molecule has 146 valence electrons. The number of piperidine rings is 1. The van der Waals surface area contributed by atoms with Crippen molar-refractivity contribution < 1.29 is 18.7 Å². The highest BCUT2D eigenvalue weighted by Gasteiger charge is 2.43. The van der Waals surface area contributed by atoms with Crippen molar-refractivity contribution >= 4 is 12.0 Å². The lowest BCUT2D eigenvalue weighted by Crippen LogP contribution is -2.46. The van der Waals surface area contributed by atoms with Gasteiger partial charge in [-0.1, -0.05) is 18.2 Å². The molecule has 1 atom stereocenters. The van der Waals surface area contributed by atoms with E-state index in [0.717, 1.165) is 51.0 Å². The largest absolute Gasteiger partial charge is 0.448 e. The number of hydrogen-bond donors (Lipinski definition) is 0. The molecule has 3 heterocycles. The summed E-state index contributed by atoms with van der Waals surface area (Å²) >= 11 is 0. The highest BCUT2D eigenvalue weighted by atomic mass is 19.1. The van der Waals surface area contributed by atoms with Gasteiger partial charge in [-0.3, -0.25) is 14.6 Å². The number of halogens is 1. The molecule has 27 heavy (non-hydrogen) atoms. The number of nitrogens with zero attached hydrogens (tertiary/aromatic N) is 3. The normalized spacial score (nSPS) is 26.0. The van der Waals surface area contributed by atoms with E-state index in [1.807, 2.05) is 17.0 Å². The molecule has 2 amide bonds. The zero-order valence-corrected chi connectivity index (χ0v) is 15.5. The summed E-state index contributed by atoms with van der Waals surface area (Å²) in [6, 6.07) is 6.94. The molecule has 4 rings (SSSR count). The van der Waals surface area contributed by atoms with E-state index >= 15 is 0 Å². The predicted molar refractivity (Wildman–Crippen MR) is 97.5 cm³/mol. The first kappa shape index (κ1) is 18.2. The number of hydrogen-bond acceptors (Lipinski definition) is 4. The summed E-state index contributed by atoms with van der Waals surface area (Å²) < 4.78 is 18.9. The van der Waals surface area contributed by atoms with Gasteiger partial charge in [-0.2, -0.15) is 0 Å². The molecule has 0 aliphatic carbocycles. The minimum atomic E-state index is -0.397. The zero-order chi connectivity index (χ0) is 18.9. The van der Waals surface area contributed by atoms with E-state index < -0.39 is 6.09 Å². The molecule has 0 bridgehead atoms. The van der Waals surface area contributed by atoms with Crippen LogP contribution in [0.1, 0.15) is 24.8 Å². The van der Waals surface area contributed by atoms with Gasteiger partial charge in [0, 0.05) is 37.2 Å². The van der Waals surface area contributed by atoms with E-state index in [1.165, 1.54) is 11.0 Å². The second kappa shape index (κ2) is 7.46. The van der Waals surface area contributed by atoms with Gasteiger partial charge < -0.3 is 9.64 Å².